The van der Waals surface area contributed by atoms with Gasteiger partial charge in [0.25, 0.3) is 5.91 Å². The average molecular weight is 370 g/mol. The van der Waals surface area contributed by atoms with Gasteiger partial charge in [-0.1, -0.05) is 30.3 Å². The molecule has 6 heteroatoms. The number of nitrogens with one attached hydrogen (secondary N) is 2. The first-order chi connectivity index (χ1) is 13.0. The lowest BCUT2D eigenvalue weighted by molar-refractivity contribution is 0.0387. The molecule has 1 amide bonds. The first kappa shape index (κ1) is 19.2. The van der Waals surface area contributed by atoms with Gasteiger partial charge >= 0.3 is 5.97 Å². The van der Waals surface area contributed by atoms with Crippen molar-refractivity contribution in [2.24, 2.45) is 0 Å². The zero-order valence-electron chi connectivity index (χ0n) is 16.1. The summed E-state index contributed by atoms with van der Waals surface area (Å²) < 4.78 is 10.1. The van der Waals surface area contributed by atoms with Crippen LogP contribution in [0.15, 0.2) is 30.3 Å². The molecule has 1 aromatic heterocycles. The quantitative estimate of drug-likeness (QED) is 0.553. The molecule has 2 N–H and O–H groups in total. The van der Waals surface area contributed by atoms with Gasteiger partial charge in [-0.15, -0.1) is 0 Å². The molecule has 1 aromatic carbocycles. The van der Waals surface area contributed by atoms with Crippen molar-refractivity contribution in [3.05, 3.63) is 58.4 Å². The largest absolute Gasteiger partial charge is 0.460 e. The number of hydrogen-bond donors (Lipinski definition) is 2. The monoisotopic (exact) mass is 370 g/mol. The number of esters is 1. The van der Waals surface area contributed by atoms with Gasteiger partial charge in [-0.05, 0) is 37.8 Å². The summed E-state index contributed by atoms with van der Waals surface area (Å²) in [5, 5.41) is 3.03. The van der Waals surface area contributed by atoms with Crippen LogP contribution < -0.4 is 5.32 Å². The molecule has 1 aliphatic rings. The number of aromatic amines is 1. The molecule has 0 radical (unpaired) electrons. The van der Waals surface area contributed by atoms with Crippen LogP contribution in [0.3, 0.4) is 0 Å². The van der Waals surface area contributed by atoms with Crippen LogP contribution in [-0.4, -0.2) is 43.7 Å². The lowest BCUT2D eigenvalue weighted by atomic mass is 9.96. The second-order valence-corrected chi connectivity index (χ2v) is 7.08. The highest BCUT2D eigenvalue weighted by molar-refractivity contribution is 6.00. The normalized spacial score (nSPS) is 14.6. The Kier molecular flexibility index (Phi) is 5.65. The van der Waals surface area contributed by atoms with Crippen molar-refractivity contribution in [2.75, 3.05) is 26.9 Å². The number of carbonyl (C=O) groups excluding carboxylic acids is 2. The predicted octanol–water partition coefficient (Wildman–Crippen LogP) is 2.90. The third-order valence-electron chi connectivity index (χ3n) is 5.22. The van der Waals surface area contributed by atoms with Gasteiger partial charge in [0.1, 0.15) is 12.3 Å². The molecular weight excluding hydrogens is 344 g/mol. The maximum absolute atomic E-state index is 12.7. The van der Waals surface area contributed by atoms with Gasteiger partial charge in [0.15, 0.2) is 0 Å². The molecule has 1 aliphatic carbocycles. The maximum Gasteiger partial charge on any atom is 0.340 e. The van der Waals surface area contributed by atoms with E-state index >= 15 is 0 Å². The van der Waals surface area contributed by atoms with E-state index in [9.17, 15) is 9.59 Å². The highest BCUT2D eigenvalue weighted by Gasteiger charge is 2.44. The Labute approximate surface area is 159 Å². The topological polar surface area (TPSA) is 80.4 Å². The van der Waals surface area contributed by atoms with Gasteiger partial charge in [0.2, 0.25) is 0 Å². The van der Waals surface area contributed by atoms with Crippen molar-refractivity contribution in [2.45, 2.75) is 32.1 Å². The fraction of sp³-hybridized carbons (Fsp3) is 0.429. The molecule has 2 aromatic rings. The van der Waals surface area contributed by atoms with Crippen LogP contribution in [-0.2, 0) is 14.9 Å². The van der Waals surface area contributed by atoms with E-state index in [1.54, 1.807) is 21.0 Å². The van der Waals surface area contributed by atoms with Gasteiger partial charge in [-0.2, -0.15) is 0 Å². The standard InChI is InChI=1S/C21H26N2O4/c1-14-17(20(25)27-12-11-26-3)15(2)23-18(14)19(24)22-13-21(9-10-21)16-7-5-4-6-8-16/h4-8,23H,9-13H2,1-3H3,(H,22,24). The van der Waals surface area contributed by atoms with Gasteiger partial charge in [-0.3, -0.25) is 4.79 Å². The Balaban J connectivity index is 1.67. The number of rotatable bonds is 8. The summed E-state index contributed by atoms with van der Waals surface area (Å²) in [4.78, 5) is 28.0. The summed E-state index contributed by atoms with van der Waals surface area (Å²) >= 11 is 0. The van der Waals surface area contributed by atoms with E-state index in [4.69, 9.17) is 9.47 Å². The van der Waals surface area contributed by atoms with Crippen molar-refractivity contribution < 1.29 is 19.1 Å². The number of carbonyl (C=O) groups is 2. The minimum absolute atomic E-state index is 0.0361. The van der Waals surface area contributed by atoms with Gasteiger partial charge < -0.3 is 19.8 Å². The molecule has 0 spiro atoms. The number of ether oxygens (including phenoxy) is 2. The summed E-state index contributed by atoms with van der Waals surface area (Å²) in [5.41, 5.74) is 3.36. The lowest BCUT2D eigenvalue weighted by Crippen LogP contribution is -2.32. The molecule has 0 unspecified atom stereocenters. The van der Waals surface area contributed by atoms with Crippen molar-refractivity contribution in [1.82, 2.24) is 10.3 Å². The summed E-state index contributed by atoms with van der Waals surface area (Å²) in [6.45, 7) is 4.63. The summed E-state index contributed by atoms with van der Waals surface area (Å²) in [6.07, 6.45) is 2.13. The molecule has 0 atom stereocenters. The number of methoxy groups -OCH3 is 1. The van der Waals surface area contributed by atoms with Crippen LogP contribution in [0.1, 0.15) is 50.5 Å². The van der Waals surface area contributed by atoms with Crippen molar-refractivity contribution in [3.63, 3.8) is 0 Å². The number of aromatic nitrogens is 1. The smallest absolute Gasteiger partial charge is 0.340 e. The number of H-pyrrole nitrogens is 1. The van der Waals surface area contributed by atoms with Crippen LogP contribution in [0, 0.1) is 13.8 Å². The van der Waals surface area contributed by atoms with E-state index in [-0.39, 0.29) is 17.9 Å². The molecule has 1 heterocycles. The van der Waals surface area contributed by atoms with Crippen LogP contribution in [0.25, 0.3) is 0 Å². The zero-order chi connectivity index (χ0) is 19.4. The lowest BCUT2D eigenvalue weighted by Gasteiger charge is -2.16. The van der Waals surface area contributed by atoms with E-state index in [0.29, 0.717) is 35.7 Å². The van der Waals surface area contributed by atoms with Crippen LogP contribution >= 0.6 is 0 Å². The number of benzene rings is 1. The summed E-state index contributed by atoms with van der Waals surface area (Å²) in [6, 6.07) is 10.3. The molecule has 144 valence electrons. The van der Waals surface area contributed by atoms with Crippen molar-refractivity contribution in [1.29, 1.82) is 0 Å². The SMILES string of the molecule is COCCOC(=O)c1c(C)[nH]c(C(=O)NCC2(c3ccccc3)CC2)c1C. The average Bonchev–Trinajstić information content (AvgIpc) is 3.40. The van der Waals surface area contributed by atoms with Crippen LogP contribution in [0.2, 0.25) is 0 Å². The second-order valence-electron chi connectivity index (χ2n) is 7.08. The second kappa shape index (κ2) is 7.96. The number of aryl methyl sites for hydroxylation is 1. The first-order valence-electron chi connectivity index (χ1n) is 9.17. The molecule has 0 aliphatic heterocycles. The van der Waals surface area contributed by atoms with E-state index in [2.05, 4.69) is 22.4 Å². The Hall–Kier alpha value is -2.60. The fourth-order valence-electron chi connectivity index (χ4n) is 3.42. The zero-order valence-corrected chi connectivity index (χ0v) is 16.1. The van der Waals surface area contributed by atoms with E-state index < -0.39 is 5.97 Å². The molecule has 6 nitrogen and oxygen atoms in total. The van der Waals surface area contributed by atoms with Crippen LogP contribution in [0.4, 0.5) is 0 Å². The van der Waals surface area contributed by atoms with Gasteiger partial charge in [0, 0.05) is 24.8 Å². The number of amides is 1. The highest BCUT2D eigenvalue weighted by Crippen LogP contribution is 2.47. The predicted molar refractivity (Wildman–Crippen MR) is 102 cm³/mol. The third-order valence-corrected chi connectivity index (χ3v) is 5.22. The van der Waals surface area contributed by atoms with Crippen molar-refractivity contribution in [3.8, 4) is 0 Å². The minimum atomic E-state index is -0.444. The molecule has 1 fully saturated rings. The molecule has 0 saturated heterocycles. The van der Waals surface area contributed by atoms with Gasteiger partial charge in [-0.25, -0.2) is 4.79 Å². The third kappa shape index (κ3) is 4.06. The molecule has 3 rings (SSSR count). The first-order valence-corrected chi connectivity index (χ1v) is 9.17. The Morgan fingerprint density at radius 3 is 2.48 bits per heavy atom. The molecular formula is C21H26N2O4. The highest BCUT2D eigenvalue weighted by atomic mass is 16.6. The number of hydrogen-bond acceptors (Lipinski definition) is 4. The van der Waals surface area contributed by atoms with E-state index in [1.807, 2.05) is 18.2 Å². The van der Waals surface area contributed by atoms with Crippen LogP contribution in [0.5, 0.6) is 0 Å². The van der Waals surface area contributed by atoms with E-state index in [0.717, 1.165) is 12.8 Å². The molecule has 27 heavy (non-hydrogen) atoms. The molecule has 0 bridgehead atoms. The van der Waals surface area contributed by atoms with Crippen molar-refractivity contribution >= 4 is 11.9 Å². The maximum atomic E-state index is 12.7. The Bertz CT molecular complexity index is 822. The summed E-state index contributed by atoms with van der Waals surface area (Å²) in [7, 11) is 1.55. The Morgan fingerprint density at radius 1 is 1.15 bits per heavy atom. The summed E-state index contributed by atoms with van der Waals surface area (Å²) in [5.74, 6) is -0.644. The Morgan fingerprint density at radius 2 is 1.85 bits per heavy atom. The van der Waals surface area contributed by atoms with Gasteiger partial charge in [0.05, 0.1) is 12.2 Å². The minimum Gasteiger partial charge on any atom is -0.460 e. The fourth-order valence-corrected chi connectivity index (χ4v) is 3.42. The molecule has 1 saturated carbocycles. The van der Waals surface area contributed by atoms with E-state index in [1.165, 1.54) is 5.56 Å².